The molecule has 2 aromatic rings. The number of hydrogen-bond donors (Lipinski definition) is 2. The number of carbonyl (C=O) groups is 3. The third-order valence-corrected chi connectivity index (χ3v) is 5.39. The van der Waals surface area contributed by atoms with Crippen molar-refractivity contribution in [2.45, 2.75) is 32.2 Å². The van der Waals surface area contributed by atoms with E-state index in [0.29, 0.717) is 6.54 Å². The fraction of sp³-hybridized carbons (Fsp3) is 0.348. The number of nitrogens with zero attached hydrogens (tertiary/aromatic N) is 1. The van der Waals surface area contributed by atoms with E-state index in [0.717, 1.165) is 22.3 Å². The second-order valence-corrected chi connectivity index (χ2v) is 7.31. The first-order valence-electron chi connectivity index (χ1n) is 10.0. The summed E-state index contributed by atoms with van der Waals surface area (Å²) < 4.78 is 5.41. The van der Waals surface area contributed by atoms with Crippen molar-refractivity contribution in [1.29, 1.82) is 0 Å². The van der Waals surface area contributed by atoms with E-state index in [1.165, 1.54) is 4.90 Å². The van der Waals surface area contributed by atoms with Crippen LogP contribution in [-0.2, 0) is 14.3 Å². The van der Waals surface area contributed by atoms with Gasteiger partial charge in [0.1, 0.15) is 13.2 Å². The van der Waals surface area contributed by atoms with Crippen molar-refractivity contribution >= 4 is 18.0 Å². The van der Waals surface area contributed by atoms with Crippen LogP contribution in [0.1, 0.15) is 37.3 Å². The molecule has 158 valence electrons. The topological polar surface area (TPSA) is 95.9 Å². The zero-order valence-electron chi connectivity index (χ0n) is 17.1. The highest BCUT2D eigenvalue weighted by Gasteiger charge is 2.29. The number of alkyl carbamates (subject to hydrolysis) is 1. The van der Waals surface area contributed by atoms with Crippen LogP contribution in [0.3, 0.4) is 0 Å². The van der Waals surface area contributed by atoms with Gasteiger partial charge in [0.15, 0.2) is 0 Å². The molecule has 3 rings (SSSR count). The lowest BCUT2D eigenvalue weighted by molar-refractivity contribution is -0.140. The van der Waals surface area contributed by atoms with Gasteiger partial charge < -0.3 is 20.1 Å². The van der Waals surface area contributed by atoms with Gasteiger partial charge in [-0.3, -0.25) is 9.59 Å². The average molecular weight is 410 g/mol. The second-order valence-electron chi connectivity index (χ2n) is 7.31. The zero-order valence-corrected chi connectivity index (χ0v) is 17.1. The molecular formula is C23H26N2O5. The van der Waals surface area contributed by atoms with Crippen LogP contribution in [0, 0.1) is 0 Å². The van der Waals surface area contributed by atoms with E-state index in [9.17, 15) is 14.4 Å². The normalized spacial score (nSPS) is 13.1. The van der Waals surface area contributed by atoms with Gasteiger partial charge in [0, 0.05) is 18.5 Å². The van der Waals surface area contributed by atoms with E-state index >= 15 is 0 Å². The lowest BCUT2D eigenvalue weighted by Gasteiger charge is -2.27. The van der Waals surface area contributed by atoms with E-state index in [1.54, 1.807) is 13.8 Å². The van der Waals surface area contributed by atoms with Crippen LogP contribution in [0.5, 0.6) is 0 Å². The number of likely N-dealkylation sites (N-methyl/N-ethyl adjacent to an activating group) is 1. The molecule has 1 unspecified atom stereocenters. The van der Waals surface area contributed by atoms with Crippen molar-refractivity contribution in [3.05, 3.63) is 59.7 Å². The molecule has 2 aromatic carbocycles. The first-order valence-corrected chi connectivity index (χ1v) is 10.0. The molecule has 0 aromatic heterocycles. The number of amides is 2. The summed E-state index contributed by atoms with van der Waals surface area (Å²) >= 11 is 0. The molecule has 7 heteroatoms. The number of carboxylic acids is 1. The minimum Gasteiger partial charge on any atom is -0.481 e. The Bertz CT molecular complexity index is 897. The average Bonchev–Trinajstić information content (AvgIpc) is 3.04. The van der Waals surface area contributed by atoms with Crippen molar-refractivity contribution in [1.82, 2.24) is 10.2 Å². The SMILES string of the molecule is CCN(C(=O)CNC(=O)OCC1c2ccccc2-c2ccccc21)C(C)CC(=O)O. The Balaban J connectivity index is 1.56. The van der Waals surface area contributed by atoms with Crippen LogP contribution < -0.4 is 5.32 Å². The summed E-state index contributed by atoms with van der Waals surface area (Å²) in [5.41, 5.74) is 4.51. The minimum absolute atomic E-state index is 0.0541. The van der Waals surface area contributed by atoms with Gasteiger partial charge in [0.05, 0.1) is 6.42 Å². The van der Waals surface area contributed by atoms with Gasteiger partial charge in [-0.1, -0.05) is 48.5 Å². The predicted octanol–water partition coefficient (Wildman–Crippen LogP) is 3.24. The first kappa shape index (κ1) is 21.4. The van der Waals surface area contributed by atoms with E-state index in [-0.39, 0.29) is 31.4 Å². The molecule has 0 saturated heterocycles. The van der Waals surface area contributed by atoms with E-state index < -0.39 is 18.1 Å². The first-order chi connectivity index (χ1) is 14.4. The van der Waals surface area contributed by atoms with Crippen LogP contribution in [-0.4, -0.2) is 53.7 Å². The van der Waals surface area contributed by atoms with Gasteiger partial charge in [-0.15, -0.1) is 0 Å². The molecule has 0 fully saturated rings. The van der Waals surface area contributed by atoms with Crippen molar-refractivity contribution in [2.24, 2.45) is 0 Å². The van der Waals surface area contributed by atoms with Gasteiger partial charge in [-0.05, 0) is 36.1 Å². The molecule has 2 N–H and O–H groups in total. The summed E-state index contributed by atoms with van der Waals surface area (Å²) in [6, 6.07) is 15.6. The number of carboxylic acid groups (broad SMARTS) is 1. The standard InChI is InChI=1S/C23H26N2O5/c1-3-25(15(2)12-22(27)28)21(26)13-24-23(29)30-14-20-18-10-6-4-8-16(18)17-9-5-7-11-19(17)20/h4-11,15,20H,3,12-14H2,1-2H3,(H,24,29)(H,27,28). The van der Waals surface area contributed by atoms with Gasteiger partial charge in [0.2, 0.25) is 5.91 Å². The molecule has 0 bridgehead atoms. The second kappa shape index (κ2) is 9.43. The molecule has 1 aliphatic rings. The number of nitrogens with one attached hydrogen (secondary N) is 1. The highest BCUT2D eigenvalue weighted by atomic mass is 16.5. The Kier molecular flexibility index (Phi) is 6.72. The number of fused-ring (bicyclic) bond motifs is 3. The summed E-state index contributed by atoms with van der Waals surface area (Å²) in [7, 11) is 0. The highest BCUT2D eigenvalue weighted by molar-refractivity contribution is 5.83. The molecule has 0 aliphatic heterocycles. The molecular weight excluding hydrogens is 384 g/mol. The predicted molar refractivity (Wildman–Crippen MR) is 112 cm³/mol. The van der Waals surface area contributed by atoms with E-state index in [1.807, 2.05) is 36.4 Å². The maximum absolute atomic E-state index is 12.4. The zero-order chi connectivity index (χ0) is 21.7. The van der Waals surface area contributed by atoms with Crippen LogP contribution in [0.15, 0.2) is 48.5 Å². The molecule has 1 aliphatic carbocycles. The van der Waals surface area contributed by atoms with Crippen molar-refractivity contribution in [3.63, 3.8) is 0 Å². The summed E-state index contributed by atoms with van der Waals surface area (Å²) in [5.74, 6) is -1.38. The number of hydrogen-bond acceptors (Lipinski definition) is 4. The Labute approximate surface area is 175 Å². The third-order valence-electron chi connectivity index (χ3n) is 5.39. The van der Waals surface area contributed by atoms with Gasteiger partial charge >= 0.3 is 12.1 Å². The van der Waals surface area contributed by atoms with Crippen LogP contribution in [0.25, 0.3) is 11.1 Å². The van der Waals surface area contributed by atoms with Crippen LogP contribution in [0.2, 0.25) is 0 Å². The lowest BCUT2D eigenvalue weighted by Crippen LogP contribution is -2.45. The monoisotopic (exact) mass is 410 g/mol. The van der Waals surface area contributed by atoms with E-state index in [4.69, 9.17) is 9.84 Å². The highest BCUT2D eigenvalue weighted by Crippen LogP contribution is 2.44. The minimum atomic E-state index is -0.974. The number of benzene rings is 2. The largest absolute Gasteiger partial charge is 0.481 e. The summed E-state index contributed by atoms with van der Waals surface area (Å²) in [4.78, 5) is 36.8. The summed E-state index contributed by atoms with van der Waals surface area (Å²) in [6.45, 7) is 3.72. The van der Waals surface area contributed by atoms with Crippen LogP contribution >= 0.6 is 0 Å². The van der Waals surface area contributed by atoms with Crippen LogP contribution in [0.4, 0.5) is 4.79 Å². The smallest absolute Gasteiger partial charge is 0.407 e. The van der Waals surface area contributed by atoms with Crippen molar-refractivity contribution in [3.8, 4) is 11.1 Å². The molecule has 0 heterocycles. The fourth-order valence-electron chi connectivity index (χ4n) is 4.00. The summed E-state index contributed by atoms with van der Waals surface area (Å²) in [6.07, 6.45) is -0.822. The molecule has 1 atom stereocenters. The van der Waals surface area contributed by atoms with Crippen molar-refractivity contribution < 1.29 is 24.2 Å². The molecule has 0 spiro atoms. The molecule has 0 saturated carbocycles. The quantitative estimate of drug-likeness (QED) is 0.697. The number of aliphatic carboxylic acids is 1. The third kappa shape index (κ3) is 4.62. The number of rotatable bonds is 8. The Morgan fingerprint density at radius 3 is 2.17 bits per heavy atom. The Hall–Kier alpha value is -3.35. The Morgan fingerprint density at radius 2 is 1.63 bits per heavy atom. The van der Waals surface area contributed by atoms with Gasteiger partial charge in [-0.2, -0.15) is 0 Å². The molecule has 2 amide bonds. The van der Waals surface area contributed by atoms with Crippen molar-refractivity contribution in [2.75, 3.05) is 19.7 Å². The summed E-state index contributed by atoms with van der Waals surface area (Å²) in [5, 5.41) is 11.4. The maximum atomic E-state index is 12.4. The maximum Gasteiger partial charge on any atom is 0.407 e. The molecule has 0 radical (unpaired) electrons. The number of ether oxygens (including phenoxy) is 1. The lowest BCUT2D eigenvalue weighted by atomic mass is 9.98. The Morgan fingerprint density at radius 1 is 1.07 bits per heavy atom. The van der Waals surface area contributed by atoms with Gasteiger partial charge in [-0.25, -0.2) is 4.79 Å². The number of carbonyl (C=O) groups excluding carboxylic acids is 2. The van der Waals surface area contributed by atoms with E-state index in [2.05, 4.69) is 17.4 Å². The fourth-order valence-corrected chi connectivity index (χ4v) is 4.00. The molecule has 30 heavy (non-hydrogen) atoms. The molecule has 7 nitrogen and oxygen atoms in total. The van der Waals surface area contributed by atoms with Gasteiger partial charge in [0.25, 0.3) is 0 Å².